The van der Waals surface area contributed by atoms with E-state index in [1.54, 1.807) is 0 Å². The molecule has 2 bridgehead atoms. The lowest BCUT2D eigenvalue weighted by atomic mass is 9.82. The van der Waals surface area contributed by atoms with Gasteiger partial charge < -0.3 is 10.2 Å². The molecule has 1 N–H and O–H groups in total. The van der Waals surface area contributed by atoms with E-state index in [1.807, 2.05) is 0 Å². The average Bonchev–Trinajstić information content (AvgIpc) is 2.29. The third-order valence-electron chi connectivity index (χ3n) is 4.50. The van der Waals surface area contributed by atoms with Crippen molar-refractivity contribution >= 4 is 0 Å². The van der Waals surface area contributed by atoms with E-state index in [2.05, 4.69) is 17.3 Å². The maximum absolute atomic E-state index is 12.5. The van der Waals surface area contributed by atoms with Crippen LogP contribution in [0.15, 0.2) is 0 Å². The van der Waals surface area contributed by atoms with Crippen molar-refractivity contribution in [1.82, 2.24) is 10.2 Å². The summed E-state index contributed by atoms with van der Waals surface area (Å²) in [7, 11) is 2.11. The van der Waals surface area contributed by atoms with Crippen molar-refractivity contribution in [2.75, 3.05) is 13.6 Å². The standard InChI is InChI=1S/C13H20F3N3/c1-19-11-3-2-4-12(19)6-10(5-11)18-8-9(7-17)13(14,15)16/h9-12,18H,2-6,8H2,1H3. The van der Waals surface area contributed by atoms with Crippen molar-refractivity contribution in [2.24, 2.45) is 5.92 Å². The summed E-state index contributed by atoms with van der Waals surface area (Å²) in [6.45, 7) is -0.284. The van der Waals surface area contributed by atoms with Gasteiger partial charge in [0.15, 0.2) is 5.92 Å². The van der Waals surface area contributed by atoms with Gasteiger partial charge in [-0.2, -0.15) is 18.4 Å². The minimum absolute atomic E-state index is 0.115. The molecule has 3 nitrogen and oxygen atoms in total. The third kappa shape index (κ3) is 3.40. The summed E-state index contributed by atoms with van der Waals surface area (Å²) in [5, 5.41) is 11.5. The Hall–Kier alpha value is -0.800. The van der Waals surface area contributed by atoms with E-state index in [4.69, 9.17) is 5.26 Å². The molecule has 108 valence electrons. The van der Waals surface area contributed by atoms with Crippen molar-refractivity contribution in [3.8, 4) is 6.07 Å². The number of alkyl halides is 3. The third-order valence-corrected chi connectivity index (χ3v) is 4.50. The largest absolute Gasteiger partial charge is 0.405 e. The summed E-state index contributed by atoms with van der Waals surface area (Å²) >= 11 is 0. The van der Waals surface area contributed by atoms with Crippen molar-refractivity contribution < 1.29 is 13.2 Å². The highest BCUT2D eigenvalue weighted by atomic mass is 19.4. The Labute approximate surface area is 111 Å². The fraction of sp³-hybridized carbons (Fsp3) is 0.923. The van der Waals surface area contributed by atoms with Crippen LogP contribution in [0.4, 0.5) is 13.2 Å². The minimum atomic E-state index is -4.43. The maximum Gasteiger partial charge on any atom is 0.405 e. The molecule has 3 atom stereocenters. The Morgan fingerprint density at radius 2 is 1.89 bits per heavy atom. The number of rotatable bonds is 3. The lowest BCUT2D eigenvalue weighted by molar-refractivity contribution is -0.158. The molecule has 0 aromatic heterocycles. The van der Waals surface area contributed by atoms with Crippen LogP contribution in [0.1, 0.15) is 32.1 Å². The number of nitrogens with one attached hydrogen (secondary N) is 1. The lowest BCUT2D eigenvalue weighted by Crippen LogP contribution is -2.55. The van der Waals surface area contributed by atoms with Gasteiger partial charge in [-0.15, -0.1) is 0 Å². The quantitative estimate of drug-likeness (QED) is 0.859. The number of halogens is 3. The summed E-state index contributed by atoms with van der Waals surface area (Å²) in [5.74, 6) is -1.90. The van der Waals surface area contributed by atoms with Crippen molar-refractivity contribution in [3.63, 3.8) is 0 Å². The Balaban J connectivity index is 1.86. The van der Waals surface area contributed by atoms with Crippen molar-refractivity contribution in [2.45, 2.75) is 56.4 Å². The second-order valence-electron chi connectivity index (χ2n) is 5.70. The van der Waals surface area contributed by atoms with Gasteiger partial charge in [0.05, 0.1) is 6.07 Å². The molecular formula is C13H20F3N3. The molecule has 2 fully saturated rings. The van der Waals surface area contributed by atoms with Gasteiger partial charge in [-0.25, -0.2) is 0 Å². The summed E-state index contributed by atoms with van der Waals surface area (Å²) in [5.41, 5.74) is 0. The van der Waals surface area contributed by atoms with Gasteiger partial charge >= 0.3 is 6.18 Å². The molecule has 0 aliphatic carbocycles. The zero-order chi connectivity index (χ0) is 14.0. The van der Waals surface area contributed by atoms with E-state index in [-0.39, 0.29) is 12.6 Å². The van der Waals surface area contributed by atoms with Crippen molar-refractivity contribution in [3.05, 3.63) is 0 Å². The van der Waals surface area contributed by atoms with Gasteiger partial charge in [-0.1, -0.05) is 6.42 Å². The van der Waals surface area contributed by atoms with Crippen molar-refractivity contribution in [1.29, 1.82) is 5.26 Å². The monoisotopic (exact) mass is 275 g/mol. The Morgan fingerprint density at radius 3 is 2.37 bits per heavy atom. The van der Waals surface area contributed by atoms with Gasteiger partial charge in [0.2, 0.25) is 0 Å². The van der Waals surface area contributed by atoms with E-state index in [9.17, 15) is 13.2 Å². The number of piperidine rings is 2. The van der Waals surface area contributed by atoms with E-state index >= 15 is 0 Å². The van der Waals surface area contributed by atoms with E-state index in [0.29, 0.717) is 12.1 Å². The summed E-state index contributed by atoms with van der Waals surface area (Å²) in [6.07, 6.45) is 0.836. The van der Waals surface area contributed by atoms with Gasteiger partial charge in [0.1, 0.15) is 0 Å². The molecule has 2 aliphatic heterocycles. The first-order valence-corrected chi connectivity index (χ1v) is 6.83. The van der Waals surface area contributed by atoms with Crippen LogP contribution in [0.25, 0.3) is 0 Å². The molecule has 0 radical (unpaired) electrons. The summed E-state index contributed by atoms with van der Waals surface area (Å²) in [4.78, 5) is 2.37. The van der Waals surface area contributed by atoms with Gasteiger partial charge in [0.25, 0.3) is 0 Å². The fourth-order valence-corrected chi connectivity index (χ4v) is 3.30. The van der Waals surface area contributed by atoms with Crippen LogP contribution >= 0.6 is 0 Å². The van der Waals surface area contributed by atoms with E-state index in [1.165, 1.54) is 12.5 Å². The van der Waals surface area contributed by atoms with Crippen LogP contribution in [0.5, 0.6) is 0 Å². The van der Waals surface area contributed by atoms with Crippen LogP contribution in [0.3, 0.4) is 0 Å². The zero-order valence-electron chi connectivity index (χ0n) is 11.1. The SMILES string of the molecule is CN1C2CCCC1CC(NCC(C#N)C(F)(F)F)C2. The molecule has 19 heavy (non-hydrogen) atoms. The van der Waals surface area contributed by atoms with Gasteiger partial charge in [-0.05, 0) is 32.7 Å². The smallest absolute Gasteiger partial charge is 0.312 e. The van der Waals surface area contributed by atoms with Crippen LogP contribution in [-0.4, -0.2) is 42.8 Å². The first kappa shape index (κ1) is 14.6. The Kier molecular flexibility index (Phi) is 4.36. The number of hydrogen-bond acceptors (Lipinski definition) is 3. The Bertz CT molecular complexity index is 336. The molecular weight excluding hydrogens is 255 g/mol. The second kappa shape index (κ2) is 5.68. The lowest BCUT2D eigenvalue weighted by Gasteiger charge is -2.47. The molecule has 0 spiro atoms. The molecule has 2 rings (SSSR count). The van der Waals surface area contributed by atoms with Crippen LogP contribution < -0.4 is 5.32 Å². The highest BCUT2D eigenvalue weighted by Gasteiger charge is 2.41. The topological polar surface area (TPSA) is 39.1 Å². The van der Waals surface area contributed by atoms with Crippen LogP contribution in [0, 0.1) is 17.2 Å². The van der Waals surface area contributed by atoms with Gasteiger partial charge in [-0.3, -0.25) is 0 Å². The highest BCUT2D eigenvalue weighted by molar-refractivity contribution is 4.96. The molecule has 0 aromatic rings. The molecule has 2 aliphatic rings. The first-order valence-electron chi connectivity index (χ1n) is 6.83. The minimum Gasteiger partial charge on any atom is -0.312 e. The predicted molar refractivity (Wildman–Crippen MR) is 65.4 cm³/mol. The van der Waals surface area contributed by atoms with E-state index < -0.39 is 12.1 Å². The fourth-order valence-electron chi connectivity index (χ4n) is 3.30. The number of fused-ring (bicyclic) bond motifs is 2. The highest BCUT2D eigenvalue weighted by Crippen LogP contribution is 2.33. The predicted octanol–water partition coefficient (Wildman–Crippen LogP) is 2.29. The molecule has 6 heteroatoms. The van der Waals surface area contributed by atoms with E-state index in [0.717, 1.165) is 25.7 Å². The first-order chi connectivity index (χ1) is 8.91. The second-order valence-corrected chi connectivity index (χ2v) is 5.70. The van der Waals surface area contributed by atoms with Crippen LogP contribution in [0.2, 0.25) is 0 Å². The molecule has 0 aromatic carbocycles. The summed E-state index contributed by atoms with van der Waals surface area (Å²) in [6, 6.07) is 2.42. The number of hydrogen-bond donors (Lipinski definition) is 1. The molecule has 0 saturated carbocycles. The summed E-state index contributed by atoms with van der Waals surface area (Å²) < 4.78 is 37.5. The Morgan fingerprint density at radius 1 is 1.32 bits per heavy atom. The molecule has 2 heterocycles. The molecule has 2 saturated heterocycles. The molecule has 0 amide bonds. The maximum atomic E-state index is 12.5. The average molecular weight is 275 g/mol. The van der Waals surface area contributed by atoms with Crippen LogP contribution in [-0.2, 0) is 0 Å². The normalized spacial score (nSPS) is 33.7. The number of nitriles is 1. The number of nitrogens with zero attached hydrogens (tertiary/aromatic N) is 2. The van der Waals surface area contributed by atoms with Gasteiger partial charge in [0, 0.05) is 24.7 Å². The molecule has 3 unspecified atom stereocenters. The zero-order valence-corrected chi connectivity index (χ0v) is 11.1.